The van der Waals surface area contributed by atoms with Gasteiger partial charge in [-0.3, -0.25) is 19.7 Å². The Bertz CT molecular complexity index is 1380. The van der Waals surface area contributed by atoms with Gasteiger partial charge in [0.15, 0.2) is 0 Å². The number of piperidine rings is 1. The smallest absolute Gasteiger partial charge is 0.293 e. The molecule has 0 bridgehead atoms. The van der Waals surface area contributed by atoms with Crippen LogP contribution in [-0.4, -0.2) is 60.9 Å². The van der Waals surface area contributed by atoms with E-state index in [0.717, 1.165) is 43.6 Å². The van der Waals surface area contributed by atoms with Crippen molar-refractivity contribution in [1.29, 1.82) is 0 Å². The van der Waals surface area contributed by atoms with Crippen molar-refractivity contribution in [2.24, 2.45) is 0 Å². The van der Waals surface area contributed by atoms with Crippen LogP contribution in [0.3, 0.4) is 0 Å². The molecule has 2 aliphatic rings. The van der Waals surface area contributed by atoms with Gasteiger partial charge in [0, 0.05) is 67.3 Å². The van der Waals surface area contributed by atoms with Gasteiger partial charge in [-0.2, -0.15) is 0 Å². The topological polar surface area (TPSA) is 99.0 Å². The van der Waals surface area contributed by atoms with Gasteiger partial charge < -0.3 is 20.0 Å². The second-order valence-electron chi connectivity index (χ2n) is 10.1. The van der Waals surface area contributed by atoms with Gasteiger partial charge in [0.05, 0.1) is 11.3 Å². The van der Waals surface area contributed by atoms with Gasteiger partial charge in [-0.05, 0) is 67.3 Å². The van der Waals surface area contributed by atoms with E-state index in [1.165, 1.54) is 6.07 Å². The molecule has 0 saturated carbocycles. The van der Waals surface area contributed by atoms with E-state index in [4.69, 9.17) is 11.6 Å². The summed E-state index contributed by atoms with van der Waals surface area (Å²) in [6.07, 6.45) is 3.43. The summed E-state index contributed by atoms with van der Waals surface area (Å²) < 4.78 is 0. The van der Waals surface area contributed by atoms with E-state index in [9.17, 15) is 19.7 Å². The highest BCUT2D eigenvalue weighted by atomic mass is 35.5. The molecular weight excluding hydrogens is 530 g/mol. The Hall–Kier alpha value is -4.11. The molecule has 40 heavy (non-hydrogen) atoms. The van der Waals surface area contributed by atoms with E-state index in [1.807, 2.05) is 52.3 Å². The monoisotopic (exact) mass is 561 g/mol. The minimum Gasteiger partial charge on any atom is -0.368 e. The second kappa shape index (κ2) is 12.4. The van der Waals surface area contributed by atoms with Crippen LogP contribution in [0.25, 0.3) is 0 Å². The van der Waals surface area contributed by atoms with Crippen molar-refractivity contribution in [2.45, 2.75) is 25.7 Å². The highest BCUT2D eigenvalue weighted by Gasteiger charge is 2.24. The zero-order valence-corrected chi connectivity index (χ0v) is 23.0. The summed E-state index contributed by atoms with van der Waals surface area (Å²) in [6.45, 7) is 4.21. The first kappa shape index (κ1) is 27.5. The molecule has 0 spiro atoms. The van der Waals surface area contributed by atoms with Crippen molar-refractivity contribution in [2.75, 3.05) is 54.4 Å². The van der Waals surface area contributed by atoms with Crippen LogP contribution in [0.5, 0.6) is 0 Å². The fourth-order valence-electron chi connectivity index (χ4n) is 5.30. The van der Waals surface area contributed by atoms with Gasteiger partial charge >= 0.3 is 0 Å². The van der Waals surface area contributed by atoms with E-state index >= 15 is 0 Å². The van der Waals surface area contributed by atoms with Crippen LogP contribution >= 0.6 is 11.6 Å². The summed E-state index contributed by atoms with van der Waals surface area (Å²) in [5.41, 5.74) is 3.20. The van der Waals surface area contributed by atoms with Gasteiger partial charge in [-0.15, -0.1) is 0 Å². The fourth-order valence-corrected chi connectivity index (χ4v) is 5.51. The number of nitro benzene ring substituents is 1. The number of carbonyl (C=O) groups is 2. The molecule has 208 valence electrons. The zero-order valence-electron chi connectivity index (χ0n) is 22.2. The first-order valence-corrected chi connectivity index (χ1v) is 14.0. The van der Waals surface area contributed by atoms with Gasteiger partial charge in [-0.1, -0.05) is 29.8 Å². The number of amides is 2. The molecule has 2 amide bonds. The van der Waals surface area contributed by atoms with Gasteiger partial charge in [0.25, 0.3) is 11.6 Å². The lowest BCUT2D eigenvalue weighted by Gasteiger charge is -2.36. The third-order valence-electron chi connectivity index (χ3n) is 7.55. The minimum atomic E-state index is -0.417. The first-order valence-electron chi connectivity index (χ1n) is 13.6. The lowest BCUT2D eigenvalue weighted by Crippen LogP contribution is -2.49. The summed E-state index contributed by atoms with van der Waals surface area (Å²) in [6, 6.07) is 19.6. The molecule has 3 aromatic carbocycles. The van der Waals surface area contributed by atoms with Crippen molar-refractivity contribution in [3.05, 3.63) is 93.0 Å². The number of piperazine rings is 1. The lowest BCUT2D eigenvalue weighted by molar-refractivity contribution is -0.384. The highest BCUT2D eigenvalue weighted by molar-refractivity contribution is 6.31. The van der Waals surface area contributed by atoms with Crippen molar-refractivity contribution in [1.82, 2.24) is 4.90 Å². The molecule has 2 fully saturated rings. The molecule has 0 atom stereocenters. The molecule has 0 aromatic heterocycles. The molecule has 0 aliphatic carbocycles. The molecule has 5 rings (SSSR count). The Balaban J connectivity index is 1.17. The molecule has 10 heteroatoms. The van der Waals surface area contributed by atoms with Gasteiger partial charge in [-0.25, -0.2) is 0 Å². The fraction of sp³-hybridized carbons (Fsp3) is 0.333. The molecule has 3 aromatic rings. The number of rotatable bonds is 7. The van der Waals surface area contributed by atoms with Crippen molar-refractivity contribution >= 4 is 46.2 Å². The van der Waals surface area contributed by atoms with Gasteiger partial charge in [0.1, 0.15) is 5.69 Å². The Kier molecular flexibility index (Phi) is 8.50. The van der Waals surface area contributed by atoms with Crippen LogP contribution in [-0.2, 0) is 11.2 Å². The third kappa shape index (κ3) is 6.37. The quantitative estimate of drug-likeness (QED) is 0.307. The Morgan fingerprint density at radius 1 is 0.850 bits per heavy atom. The Morgan fingerprint density at radius 2 is 1.55 bits per heavy atom. The van der Waals surface area contributed by atoms with Crippen LogP contribution in [0.2, 0.25) is 5.02 Å². The van der Waals surface area contributed by atoms with Crippen LogP contribution in [0.1, 0.15) is 35.2 Å². The number of carbonyl (C=O) groups excluding carboxylic acids is 2. The van der Waals surface area contributed by atoms with E-state index in [2.05, 4.69) is 10.2 Å². The standard InChI is InChI=1S/C30H32ClN5O4/c31-26-7-3-2-6-22(26)21-29(37)35-18-16-33(17-19-35)25-11-9-24(10-12-25)32-30(38)23-8-13-27(28(20-23)36(39)40)34-14-4-1-5-15-34/h2-3,6-13,20H,1,4-5,14-19,21H2,(H,32,38). The molecular formula is C30H32ClN5O4. The van der Waals surface area contributed by atoms with E-state index in [0.29, 0.717) is 42.6 Å². The number of hydrogen-bond acceptors (Lipinski definition) is 6. The maximum atomic E-state index is 12.9. The maximum absolute atomic E-state index is 12.9. The summed E-state index contributed by atoms with van der Waals surface area (Å²) in [4.78, 5) is 43.1. The Morgan fingerprint density at radius 3 is 2.23 bits per heavy atom. The highest BCUT2D eigenvalue weighted by Crippen LogP contribution is 2.32. The molecule has 9 nitrogen and oxygen atoms in total. The first-order chi connectivity index (χ1) is 19.4. The number of nitrogens with one attached hydrogen (secondary N) is 1. The predicted molar refractivity (Wildman–Crippen MR) is 158 cm³/mol. The number of anilines is 3. The van der Waals surface area contributed by atoms with Crippen LogP contribution in [0.15, 0.2) is 66.7 Å². The second-order valence-corrected chi connectivity index (χ2v) is 10.6. The summed E-state index contributed by atoms with van der Waals surface area (Å²) in [5.74, 6) is -0.332. The largest absolute Gasteiger partial charge is 0.368 e. The van der Waals surface area contributed by atoms with Crippen LogP contribution in [0, 0.1) is 10.1 Å². The third-order valence-corrected chi connectivity index (χ3v) is 7.92. The van der Waals surface area contributed by atoms with E-state index in [-0.39, 0.29) is 23.6 Å². The normalized spacial score (nSPS) is 15.6. The molecule has 0 unspecified atom stereocenters. The maximum Gasteiger partial charge on any atom is 0.293 e. The number of nitrogens with zero attached hydrogens (tertiary/aromatic N) is 4. The average molecular weight is 562 g/mol. The van der Waals surface area contributed by atoms with Crippen molar-refractivity contribution in [3.8, 4) is 0 Å². The van der Waals surface area contributed by atoms with Crippen molar-refractivity contribution < 1.29 is 14.5 Å². The summed E-state index contributed by atoms with van der Waals surface area (Å²) in [7, 11) is 0. The number of hydrogen-bond donors (Lipinski definition) is 1. The average Bonchev–Trinajstić information content (AvgIpc) is 2.99. The molecule has 2 saturated heterocycles. The van der Waals surface area contributed by atoms with E-state index < -0.39 is 10.8 Å². The van der Waals surface area contributed by atoms with Crippen molar-refractivity contribution in [3.63, 3.8) is 0 Å². The predicted octanol–water partition coefficient (Wildman–Crippen LogP) is 5.38. The van der Waals surface area contributed by atoms with Crippen LogP contribution in [0.4, 0.5) is 22.7 Å². The summed E-state index contributed by atoms with van der Waals surface area (Å²) in [5, 5.41) is 15.2. The minimum absolute atomic E-state index is 0.0469. The lowest BCUT2D eigenvalue weighted by atomic mass is 10.1. The van der Waals surface area contributed by atoms with Gasteiger partial charge in [0.2, 0.25) is 5.91 Å². The SMILES string of the molecule is O=C(Nc1ccc(N2CCN(C(=O)Cc3ccccc3Cl)CC2)cc1)c1ccc(N2CCCCC2)c([N+](=O)[O-])c1. The number of nitro groups is 1. The molecule has 0 radical (unpaired) electrons. The zero-order chi connectivity index (χ0) is 28.1. The number of benzene rings is 3. The molecule has 1 N–H and O–H groups in total. The van der Waals surface area contributed by atoms with Crippen LogP contribution < -0.4 is 15.1 Å². The molecule has 2 heterocycles. The summed E-state index contributed by atoms with van der Waals surface area (Å²) >= 11 is 6.21. The van der Waals surface area contributed by atoms with E-state index in [1.54, 1.807) is 18.2 Å². The molecule has 2 aliphatic heterocycles. The Labute approximate surface area is 238 Å². The number of halogens is 1.